The molecule has 2 N–H and O–H groups in total. The second kappa shape index (κ2) is 5.29. The highest BCUT2D eigenvalue weighted by Crippen LogP contribution is 2.12. The van der Waals surface area contributed by atoms with Crippen molar-refractivity contribution in [1.82, 2.24) is 5.32 Å². The molecule has 0 bridgehead atoms. The van der Waals surface area contributed by atoms with E-state index in [0.29, 0.717) is 0 Å². The summed E-state index contributed by atoms with van der Waals surface area (Å²) in [5.41, 5.74) is 1.25. The molecule has 0 amide bonds. The summed E-state index contributed by atoms with van der Waals surface area (Å²) in [6.45, 7) is 6.90. The van der Waals surface area contributed by atoms with Gasteiger partial charge in [-0.2, -0.15) is 0 Å². The molecule has 0 spiro atoms. The van der Waals surface area contributed by atoms with E-state index in [1.54, 1.807) is 0 Å². The number of hydrogen-bond acceptors (Lipinski definition) is 2. The zero-order chi connectivity index (χ0) is 11.3. The molecule has 0 heterocycles. The van der Waals surface area contributed by atoms with Crippen LogP contribution in [0.1, 0.15) is 32.8 Å². The number of nitrogens with one attached hydrogen (secondary N) is 1. The molecule has 1 aromatic carbocycles. The molecule has 0 saturated heterocycles. The minimum atomic E-state index is -0.261. The Kier molecular flexibility index (Phi) is 4.30. The van der Waals surface area contributed by atoms with Gasteiger partial charge in [0.1, 0.15) is 0 Å². The van der Waals surface area contributed by atoms with E-state index in [-0.39, 0.29) is 11.6 Å². The van der Waals surface area contributed by atoms with Crippen LogP contribution in [0.25, 0.3) is 0 Å². The van der Waals surface area contributed by atoms with Crippen LogP contribution in [0.15, 0.2) is 30.3 Å². The predicted molar refractivity (Wildman–Crippen MR) is 63.7 cm³/mol. The maximum absolute atomic E-state index is 9.35. The number of hydrogen-bond donors (Lipinski definition) is 2. The van der Waals surface area contributed by atoms with E-state index in [0.717, 1.165) is 13.0 Å². The topological polar surface area (TPSA) is 32.3 Å². The van der Waals surface area contributed by atoms with Gasteiger partial charge in [0.15, 0.2) is 0 Å². The van der Waals surface area contributed by atoms with E-state index in [2.05, 4.69) is 31.3 Å². The molecular formula is C13H21NO. The first-order valence-electron chi connectivity index (χ1n) is 5.47. The molecule has 0 aliphatic carbocycles. The lowest BCUT2D eigenvalue weighted by Gasteiger charge is -2.27. The van der Waals surface area contributed by atoms with E-state index in [9.17, 15) is 5.11 Å². The van der Waals surface area contributed by atoms with E-state index in [1.165, 1.54) is 5.56 Å². The average molecular weight is 207 g/mol. The van der Waals surface area contributed by atoms with Crippen molar-refractivity contribution in [2.24, 2.45) is 0 Å². The SMILES string of the molecule is C[C@H](O)CC(C)(C)NCc1ccccc1. The summed E-state index contributed by atoms with van der Waals surface area (Å²) < 4.78 is 0. The van der Waals surface area contributed by atoms with Crippen molar-refractivity contribution in [3.8, 4) is 0 Å². The molecule has 1 rings (SSSR count). The van der Waals surface area contributed by atoms with E-state index in [4.69, 9.17) is 0 Å². The number of aliphatic hydroxyl groups excluding tert-OH is 1. The molecule has 84 valence electrons. The zero-order valence-corrected chi connectivity index (χ0v) is 9.83. The van der Waals surface area contributed by atoms with Crippen LogP contribution in [-0.2, 0) is 6.54 Å². The Labute approximate surface area is 92.3 Å². The molecule has 0 fully saturated rings. The second-order valence-electron chi connectivity index (χ2n) is 4.78. The Bertz CT molecular complexity index is 280. The van der Waals surface area contributed by atoms with Crippen LogP contribution in [0, 0.1) is 0 Å². The van der Waals surface area contributed by atoms with Crippen molar-refractivity contribution in [3.63, 3.8) is 0 Å². The van der Waals surface area contributed by atoms with Gasteiger partial charge in [-0.05, 0) is 32.8 Å². The van der Waals surface area contributed by atoms with Gasteiger partial charge in [0.2, 0.25) is 0 Å². The largest absolute Gasteiger partial charge is 0.393 e. The van der Waals surface area contributed by atoms with Crippen molar-refractivity contribution in [3.05, 3.63) is 35.9 Å². The normalized spacial score (nSPS) is 13.9. The number of rotatable bonds is 5. The van der Waals surface area contributed by atoms with Gasteiger partial charge in [0.25, 0.3) is 0 Å². The molecule has 1 atom stereocenters. The summed E-state index contributed by atoms with van der Waals surface area (Å²) >= 11 is 0. The monoisotopic (exact) mass is 207 g/mol. The van der Waals surface area contributed by atoms with Crippen LogP contribution in [0.3, 0.4) is 0 Å². The maximum atomic E-state index is 9.35. The summed E-state index contributed by atoms with van der Waals surface area (Å²) in [4.78, 5) is 0. The highest BCUT2D eigenvalue weighted by atomic mass is 16.3. The van der Waals surface area contributed by atoms with Gasteiger partial charge in [-0.3, -0.25) is 0 Å². The van der Waals surface area contributed by atoms with Gasteiger partial charge >= 0.3 is 0 Å². The zero-order valence-electron chi connectivity index (χ0n) is 9.83. The molecule has 15 heavy (non-hydrogen) atoms. The lowest BCUT2D eigenvalue weighted by Crippen LogP contribution is -2.41. The standard InChI is InChI=1S/C13H21NO/c1-11(15)9-13(2,3)14-10-12-7-5-4-6-8-12/h4-8,11,14-15H,9-10H2,1-3H3/t11-/m0/s1. The Morgan fingerprint density at radius 3 is 2.40 bits per heavy atom. The number of aliphatic hydroxyl groups is 1. The first-order chi connectivity index (χ1) is 6.99. The Morgan fingerprint density at radius 1 is 1.27 bits per heavy atom. The van der Waals surface area contributed by atoms with Gasteiger partial charge in [-0.15, -0.1) is 0 Å². The summed E-state index contributed by atoms with van der Waals surface area (Å²) in [6, 6.07) is 10.3. The lowest BCUT2D eigenvalue weighted by molar-refractivity contribution is 0.145. The minimum Gasteiger partial charge on any atom is -0.393 e. The molecule has 2 heteroatoms. The molecule has 0 unspecified atom stereocenters. The van der Waals surface area contributed by atoms with Crippen LogP contribution in [0.5, 0.6) is 0 Å². The van der Waals surface area contributed by atoms with Crippen LogP contribution < -0.4 is 5.32 Å². The smallest absolute Gasteiger partial charge is 0.0529 e. The quantitative estimate of drug-likeness (QED) is 0.776. The third kappa shape index (κ3) is 4.96. The summed E-state index contributed by atoms with van der Waals surface area (Å²) in [5, 5.41) is 12.8. The first-order valence-corrected chi connectivity index (χ1v) is 5.47. The Hall–Kier alpha value is -0.860. The fourth-order valence-electron chi connectivity index (χ4n) is 1.75. The van der Waals surface area contributed by atoms with Crippen LogP contribution >= 0.6 is 0 Å². The summed E-state index contributed by atoms with van der Waals surface area (Å²) in [5.74, 6) is 0. The first kappa shape index (κ1) is 12.2. The summed E-state index contributed by atoms with van der Waals surface area (Å²) in [7, 11) is 0. The van der Waals surface area contributed by atoms with E-state index < -0.39 is 0 Å². The van der Waals surface area contributed by atoms with Crippen LogP contribution in [0.2, 0.25) is 0 Å². The maximum Gasteiger partial charge on any atom is 0.0529 e. The summed E-state index contributed by atoms with van der Waals surface area (Å²) in [6.07, 6.45) is 0.503. The Morgan fingerprint density at radius 2 is 1.87 bits per heavy atom. The van der Waals surface area contributed by atoms with Crippen molar-refractivity contribution >= 4 is 0 Å². The highest BCUT2D eigenvalue weighted by Gasteiger charge is 2.18. The van der Waals surface area contributed by atoms with Crippen molar-refractivity contribution in [2.75, 3.05) is 0 Å². The van der Waals surface area contributed by atoms with Crippen molar-refractivity contribution in [2.45, 2.75) is 45.4 Å². The van der Waals surface area contributed by atoms with Gasteiger partial charge < -0.3 is 10.4 Å². The molecule has 1 aromatic rings. The lowest BCUT2D eigenvalue weighted by atomic mass is 9.97. The fourth-order valence-corrected chi connectivity index (χ4v) is 1.75. The third-order valence-electron chi connectivity index (χ3n) is 2.42. The molecule has 0 radical (unpaired) electrons. The number of benzene rings is 1. The molecule has 0 aliphatic heterocycles. The van der Waals surface area contributed by atoms with Crippen molar-refractivity contribution in [1.29, 1.82) is 0 Å². The van der Waals surface area contributed by atoms with E-state index in [1.807, 2.05) is 25.1 Å². The molecule has 0 aliphatic rings. The third-order valence-corrected chi connectivity index (χ3v) is 2.42. The average Bonchev–Trinajstić information content (AvgIpc) is 2.15. The fraction of sp³-hybridized carbons (Fsp3) is 0.538. The molecule has 0 saturated carbocycles. The van der Waals surface area contributed by atoms with Crippen LogP contribution in [0.4, 0.5) is 0 Å². The second-order valence-corrected chi connectivity index (χ2v) is 4.78. The van der Waals surface area contributed by atoms with E-state index >= 15 is 0 Å². The molecular weight excluding hydrogens is 186 g/mol. The van der Waals surface area contributed by atoms with Crippen molar-refractivity contribution < 1.29 is 5.11 Å². The predicted octanol–water partition coefficient (Wildman–Crippen LogP) is 2.33. The van der Waals surface area contributed by atoms with Gasteiger partial charge in [-0.1, -0.05) is 30.3 Å². The molecule has 0 aromatic heterocycles. The van der Waals surface area contributed by atoms with Crippen LogP contribution in [-0.4, -0.2) is 16.7 Å². The van der Waals surface area contributed by atoms with Gasteiger partial charge in [0, 0.05) is 12.1 Å². The Balaban J connectivity index is 2.42. The molecule has 2 nitrogen and oxygen atoms in total. The van der Waals surface area contributed by atoms with Gasteiger partial charge in [0.05, 0.1) is 6.10 Å². The van der Waals surface area contributed by atoms with Gasteiger partial charge in [-0.25, -0.2) is 0 Å². The minimum absolute atomic E-state index is 0.0238. The highest BCUT2D eigenvalue weighted by molar-refractivity contribution is 5.14.